The first-order valence-corrected chi connectivity index (χ1v) is 9.61. The Hall–Kier alpha value is -2.90. The number of hydrogen-bond donors (Lipinski definition) is 4. The van der Waals surface area contributed by atoms with Crippen LogP contribution in [0.1, 0.15) is 105 Å². The van der Waals surface area contributed by atoms with Crippen LogP contribution in [0.2, 0.25) is 0 Å². The van der Waals surface area contributed by atoms with Gasteiger partial charge >= 0.3 is 0 Å². The lowest BCUT2D eigenvalue weighted by molar-refractivity contribution is 0.0955. The van der Waals surface area contributed by atoms with Crippen LogP contribution >= 0.6 is 0 Å². The highest BCUT2D eigenvalue weighted by Crippen LogP contribution is 2.26. The lowest BCUT2D eigenvalue weighted by Crippen LogP contribution is -2.29. The third-order valence-electron chi connectivity index (χ3n) is 4.73. The van der Waals surface area contributed by atoms with Crippen molar-refractivity contribution in [1.29, 1.82) is 0 Å². The quantitative estimate of drug-likeness (QED) is 0.376. The Kier molecular flexibility index (Phi) is 9.14. The maximum atomic E-state index is 12.0. The summed E-state index contributed by atoms with van der Waals surface area (Å²) in [6.07, 6.45) is 8.62. The second-order valence-electron chi connectivity index (χ2n) is 6.88. The number of nitrogens with two attached hydrogens (primary N) is 4. The van der Waals surface area contributed by atoms with Crippen LogP contribution in [0.4, 0.5) is 0 Å². The van der Waals surface area contributed by atoms with E-state index in [1.807, 2.05) is 0 Å². The predicted molar refractivity (Wildman–Crippen MR) is 107 cm³/mol. The average molecular weight is 390 g/mol. The summed E-state index contributed by atoms with van der Waals surface area (Å²) in [5, 5.41) is 0. The molecule has 8 N–H and O–H groups in total. The van der Waals surface area contributed by atoms with Crippen molar-refractivity contribution in [3.05, 3.63) is 33.9 Å². The zero-order chi connectivity index (χ0) is 21.3. The minimum atomic E-state index is -0.940. The number of unbranched alkanes of at least 4 members (excludes halogenated alkanes) is 7. The van der Waals surface area contributed by atoms with Gasteiger partial charge in [0.1, 0.15) is 0 Å². The minimum absolute atomic E-state index is 0.163. The Labute approximate surface area is 165 Å². The molecule has 8 heteroatoms. The number of benzene rings is 1. The van der Waals surface area contributed by atoms with E-state index < -0.39 is 23.6 Å². The molecule has 0 aliphatic carbocycles. The highest BCUT2D eigenvalue weighted by Gasteiger charge is 2.27. The van der Waals surface area contributed by atoms with Crippen molar-refractivity contribution in [1.82, 2.24) is 0 Å². The summed E-state index contributed by atoms with van der Waals surface area (Å²) in [4.78, 5) is 47.5. The van der Waals surface area contributed by atoms with Crippen molar-refractivity contribution in [2.45, 2.75) is 64.7 Å². The van der Waals surface area contributed by atoms with E-state index in [-0.39, 0.29) is 34.2 Å². The first kappa shape index (κ1) is 23.1. The fraction of sp³-hybridized carbons (Fsp3) is 0.500. The van der Waals surface area contributed by atoms with Crippen LogP contribution in [0.25, 0.3) is 0 Å². The minimum Gasteiger partial charge on any atom is -0.366 e. The lowest BCUT2D eigenvalue weighted by Gasteiger charge is -2.17. The predicted octanol–water partition coefficient (Wildman–Crippen LogP) is 1.77. The molecule has 0 saturated heterocycles. The molecule has 28 heavy (non-hydrogen) atoms. The average Bonchev–Trinajstić information content (AvgIpc) is 2.61. The van der Waals surface area contributed by atoms with Crippen molar-refractivity contribution < 1.29 is 19.2 Å². The van der Waals surface area contributed by atoms with Crippen molar-refractivity contribution >= 4 is 23.6 Å². The largest absolute Gasteiger partial charge is 0.366 e. The van der Waals surface area contributed by atoms with Gasteiger partial charge in [0.2, 0.25) is 23.6 Å². The molecule has 0 saturated carbocycles. The molecule has 154 valence electrons. The van der Waals surface area contributed by atoms with Gasteiger partial charge in [0.15, 0.2) is 0 Å². The number of rotatable bonds is 13. The molecule has 1 aromatic rings. The molecule has 0 aromatic heterocycles. The SMILES string of the molecule is CCCCCCCCCCc1c(C(N)=O)c(C(N)=O)cc(C(N)=O)c1C(N)=O. The second kappa shape index (κ2) is 11.1. The summed E-state index contributed by atoms with van der Waals surface area (Å²) < 4.78 is 0. The van der Waals surface area contributed by atoms with Crippen LogP contribution in [-0.4, -0.2) is 23.6 Å². The molecule has 0 bridgehead atoms. The Morgan fingerprint density at radius 2 is 1.04 bits per heavy atom. The molecule has 8 nitrogen and oxygen atoms in total. The maximum Gasteiger partial charge on any atom is 0.249 e. The van der Waals surface area contributed by atoms with Gasteiger partial charge in [-0.2, -0.15) is 0 Å². The molecule has 1 aromatic carbocycles. The van der Waals surface area contributed by atoms with Crippen LogP contribution in [0.3, 0.4) is 0 Å². The first-order chi connectivity index (χ1) is 13.2. The molecule has 0 atom stereocenters. The molecule has 4 amide bonds. The van der Waals surface area contributed by atoms with Crippen molar-refractivity contribution in [2.75, 3.05) is 0 Å². The van der Waals surface area contributed by atoms with E-state index in [1.54, 1.807) is 0 Å². The zero-order valence-corrected chi connectivity index (χ0v) is 16.4. The third kappa shape index (κ3) is 6.07. The van der Waals surface area contributed by atoms with Gasteiger partial charge in [-0.05, 0) is 24.5 Å². The van der Waals surface area contributed by atoms with Gasteiger partial charge < -0.3 is 22.9 Å². The summed E-state index contributed by atoms with van der Waals surface area (Å²) in [7, 11) is 0. The van der Waals surface area contributed by atoms with Gasteiger partial charge in [0, 0.05) is 0 Å². The summed E-state index contributed by atoms with van der Waals surface area (Å²) in [5.74, 6) is -3.71. The fourth-order valence-electron chi connectivity index (χ4n) is 3.38. The highest BCUT2D eigenvalue weighted by atomic mass is 16.2. The van der Waals surface area contributed by atoms with E-state index in [0.717, 1.165) is 31.7 Å². The number of carbonyl (C=O) groups is 4. The molecule has 0 heterocycles. The molecular formula is C20H30N4O4. The molecule has 1 rings (SSSR count). The Bertz CT molecular complexity index is 709. The normalized spacial score (nSPS) is 10.6. The van der Waals surface area contributed by atoms with Crippen LogP contribution < -0.4 is 22.9 Å². The third-order valence-corrected chi connectivity index (χ3v) is 4.73. The van der Waals surface area contributed by atoms with E-state index in [9.17, 15) is 19.2 Å². The van der Waals surface area contributed by atoms with E-state index >= 15 is 0 Å². The number of amides is 4. The smallest absolute Gasteiger partial charge is 0.249 e. The van der Waals surface area contributed by atoms with Crippen molar-refractivity contribution in [3.63, 3.8) is 0 Å². The standard InChI is InChI=1S/C20H30N4O4/c1-2-3-4-5-6-7-8-9-10-12-15(19(23)27)13(17(21)25)11-14(18(22)26)16(12)20(24)28/h11H,2-10H2,1H3,(H2,21,25)(H2,22,26)(H2,23,27)(H2,24,28). The molecule has 0 unspecified atom stereocenters. The van der Waals surface area contributed by atoms with Crippen LogP contribution in [0.15, 0.2) is 6.07 Å². The summed E-state index contributed by atoms with van der Waals surface area (Å²) in [5.41, 5.74) is 20.9. The fourth-order valence-corrected chi connectivity index (χ4v) is 3.38. The van der Waals surface area contributed by atoms with Gasteiger partial charge in [0.05, 0.1) is 22.3 Å². The monoisotopic (exact) mass is 390 g/mol. The maximum absolute atomic E-state index is 12.0. The second-order valence-corrected chi connectivity index (χ2v) is 6.88. The zero-order valence-electron chi connectivity index (χ0n) is 16.4. The highest BCUT2D eigenvalue weighted by molar-refractivity contribution is 6.14. The van der Waals surface area contributed by atoms with E-state index in [4.69, 9.17) is 22.9 Å². The van der Waals surface area contributed by atoms with Crippen molar-refractivity contribution in [3.8, 4) is 0 Å². The van der Waals surface area contributed by atoms with E-state index in [0.29, 0.717) is 6.42 Å². The van der Waals surface area contributed by atoms with Crippen LogP contribution in [0.5, 0.6) is 0 Å². The molecule has 0 aliphatic rings. The van der Waals surface area contributed by atoms with Crippen molar-refractivity contribution in [2.24, 2.45) is 22.9 Å². The van der Waals surface area contributed by atoms with Gasteiger partial charge in [-0.25, -0.2) is 0 Å². The molecule has 0 aliphatic heterocycles. The summed E-state index contributed by atoms with van der Waals surface area (Å²) >= 11 is 0. The molecule has 0 radical (unpaired) electrons. The molecular weight excluding hydrogens is 360 g/mol. The molecule has 0 spiro atoms. The van der Waals surface area contributed by atoms with E-state index in [2.05, 4.69) is 6.92 Å². The Morgan fingerprint density at radius 3 is 1.39 bits per heavy atom. The summed E-state index contributed by atoms with van der Waals surface area (Å²) in [6.45, 7) is 2.16. The van der Waals surface area contributed by atoms with Crippen LogP contribution in [-0.2, 0) is 6.42 Å². The number of hydrogen-bond acceptors (Lipinski definition) is 4. The van der Waals surface area contributed by atoms with Gasteiger partial charge in [-0.15, -0.1) is 0 Å². The lowest BCUT2D eigenvalue weighted by atomic mass is 9.87. The number of primary amides is 4. The Morgan fingerprint density at radius 1 is 0.643 bits per heavy atom. The topological polar surface area (TPSA) is 172 Å². The van der Waals surface area contributed by atoms with E-state index in [1.165, 1.54) is 19.3 Å². The summed E-state index contributed by atoms with van der Waals surface area (Å²) in [6, 6.07) is 1.02. The number of carbonyl (C=O) groups excluding carboxylic acids is 4. The van der Waals surface area contributed by atoms with Gasteiger partial charge in [0.25, 0.3) is 0 Å². The molecule has 0 fully saturated rings. The Balaban J connectivity index is 3.15. The first-order valence-electron chi connectivity index (χ1n) is 9.61. The van der Waals surface area contributed by atoms with Crippen LogP contribution in [0, 0.1) is 0 Å². The van der Waals surface area contributed by atoms with Gasteiger partial charge in [-0.3, -0.25) is 19.2 Å². The van der Waals surface area contributed by atoms with Gasteiger partial charge in [-0.1, -0.05) is 51.9 Å².